The molecule has 2 rings (SSSR count). The first-order chi connectivity index (χ1) is 10.5. The second-order valence-corrected chi connectivity index (χ2v) is 5.47. The molecule has 1 heterocycles. The van der Waals surface area contributed by atoms with Crippen molar-refractivity contribution in [2.75, 3.05) is 18.0 Å². The standard InChI is InChI=1S/C14H13F6NO2/c15-13(16,17)9-3-10(14(18,19)20)5-11(4-9)21-6-8(7-21)1-2-12(22)23/h3-5,8H,1-2,6-7H2,(H,22,23). The zero-order valence-corrected chi connectivity index (χ0v) is 11.7. The highest BCUT2D eigenvalue weighted by Gasteiger charge is 2.38. The molecule has 1 N–H and O–H groups in total. The minimum Gasteiger partial charge on any atom is -0.481 e. The number of hydrogen-bond acceptors (Lipinski definition) is 2. The third kappa shape index (κ3) is 4.29. The van der Waals surface area contributed by atoms with Crippen LogP contribution in [0.25, 0.3) is 0 Å². The molecule has 1 saturated heterocycles. The van der Waals surface area contributed by atoms with Crippen molar-refractivity contribution in [3.8, 4) is 0 Å². The van der Waals surface area contributed by atoms with E-state index >= 15 is 0 Å². The van der Waals surface area contributed by atoms with Crippen molar-refractivity contribution in [2.24, 2.45) is 5.92 Å². The van der Waals surface area contributed by atoms with Gasteiger partial charge in [-0.2, -0.15) is 26.3 Å². The molecule has 0 spiro atoms. The summed E-state index contributed by atoms with van der Waals surface area (Å²) in [6.45, 7) is 0.484. The largest absolute Gasteiger partial charge is 0.481 e. The van der Waals surface area contributed by atoms with Gasteiger partial charge in [0.1, 0.15) is 0 Å². The molecule has 0 radical (unpaired) electrons. The molecule has 1 aliphatic rings. The van der Waals surface area contributed by atoms with Gasteiger partial charge in [0, 0.05) is 25.2 Å². The van der Waals surface area contributed by atoms with E-state index in [4.69, 9.17) is 5.11 Å². The van der Waals surface area contributed by atoms with E-state index in [1.807, 2.05) is 0 Å². The lowest BCUT2D eigenvalue weighted by Crippen LogP contribution is -2.47. The predicted octanol–water partition coefficient (Wildman–Crippen LogP) is 4.03. The number of benzene rings is 1. The van der Waals surface area contributed by atoms with E-state index in [0.717, 1.165) is 0 Å². The van der Waals surface area contributed by atoms with Crippen LogP contribution in [0.5, 0.6) is 0 Å². The van der Waals surface area contributed by atoms with Gasteiger partial charge in [-0.15, -0.1) is 0 Å². The SMILES string of the molecule is O=C(O)CCC1CN(c2cc(C(F)(F)F)cc(C(F)(F)F)c2)C1. The summed E-state index contributed by atoms with van der Waals surface area (Å²) in [4.78, 5) is 11.8. The molecular weight excluding hydrogens is 328 g/mol. The number of carbonyl (C=O) groups is 1. The molecule has 0 bridgehead atoms. The molecular formula is C14H13F6NO2. The Balaban J connectivity index is 2.18. The summed E-state index contributed by atoms with van der Waals surface area (Å²) in [5, 5.41) is 8.55. The highest BCUT2D eigenvalue weighted by atomic mass is 19.4. The molecule has 0 unspecified atom stereocenters. The first-order valence-electron chi connectivity index (χ1n) is 6.73. The Labute approximate surface area is 127 Å². The van der Waals surface area contributed by atoms with Crippen molar-refractivity contribution in [1.29, 1.82) is 0 Å². The monoisotopic (exact) mass is 341 g/mol. The van der Waals surface area contributed by atoms with E-state index in [9.17, 15) is 31.1 Å². The van der Waals surface area contributed by atoms with Gasteiger partial charge in [-0.25, -0.2) is 0 Å². The van der Waals surface area contributed by atoms with E-state index in [2.05, 4.69) is 0 Å². The Hall–Kier alpha value is -1.93. The van der Waals surface area contributed by atoms with Gasteiger partial charge in [-0.05, 0) is 30.5 Å². The summed E-state index contributed by atoms with van der Waals surface area (Å²) in [6, 6.07) is 1.45. The number of anilines is 1. The fourth-order valence-corrected chi connectivity index (χ4v) is 2.41. The lowest BCUT2D eigenvalue weighted by Gasteiger charge is -2.41. The minimum atomic E-state index is -4.87. The van der Waals surface area contributed by atoms with Gasteiger partial charge in [0.25, 0.3) is 0 Å². The van der Waals surface area contributed by atoms with Crippen molar-refractivity contribution in [3.63, 3.8) is 0 Å². The van der Waals surface area contributed by atoms with E-state index in [1.165, 1.54) is 4.90 Å². The summed E-state index contributed by atoms with van der Waals surface area (Å²) >= 11 is 0. The first-order valence-corrected chi connectivity index (χ1v) is 6.73. The molecule has 1 aromatic rings. The Kier molecular flexibility index (Phi) is 4.50. The van der Waals surface area contributed by atoms with Crippen LogP contribution in [-0.2, 0) is 17.1 Å². The Morgan fingerprint density at radius 3 is 1.91 bits per heavy atom. The molecule has 1 aliphatic heterocycles. The van der Waals surface area contributed by atoms with Crippen LogP contribution in [-0.4, -0.2) is 24.2 Å². The van der Waals surface area contributed by atoms with Crippen molar-refractivity contribution >= 4 is 11.7 Å². The van der Waals surface area contributed by atoms with E-state index in [1.54, 1.807) is 0 Å². The van der Waals surface area contributed by atoms with Gasteiger partial charge in [0.15, 0.2) is 0 Å². The van der Waals surface area contributed by atoms with Gasteiger partial charge < -0.3 is 10.0 Å². The van der Waals surface area contributed by atoms with Crippen LogP contribution in [0.15, 0.2) is 18.2 Å². The Bertz CT molecular complexity index is 558. The number of hydrogen-bond donors (Lipinski definition) is 1. The average Bonchev–Trinajstić information content (AvgIpc) is 2.34. The quantitative estimate of drug-likeness (QED) is 0.841. The third-order valence-electron chi connectivity index (χ3n) is 3.66. The molecule has 23 heavy (non-hydrogen) atoms. The smallest absolute Gasteiger partial charge is 0.416 e. The topological polar surface area (TPSA) is 40.5 Å². The maximum atomic E-state index is 12.8. The number of rotatable bonds is 4. The van der Waals surface area contributed by atoms with Gasteiger partial charge in [0.05, 0.1) is 11.1 Å². The van der Waals surface area contributed by atoms with Crippen LogP contribution in [0.1, 0.15) is 24.0 Å². The second-order valence-electron chi connectivity index (χ2n) is 5.47. The zero-order valence-electron chi connectivity index (χ0n) is 11.7. The van der Waals surface area contributed by atoms with Crippen LogP contribution in [0, 0.1) is 5.92 Å². The Morgan fingerprint density at radius 1 is 1.04 bits per heavy atom. The molecule has 0 saturated carbocycles. The maximum Gasteiger partial charge on any atom is 0.416 e. The predicted molar refractivity (Wildman–Crippen MR) is 69.0 cm³/mol. The summed E-state index contributed by atoms with van der Waals surface area (Å²) in [7, 11) is 0. The molecule has 1 aromatic carbocycles. The number of nitrogens with zero attached hydrogens (tertiary/aromatic N) is 1. The molecule has 0 aliphatic carbocycles. The van der Waals surface area contributed by atoms with Crippen molar-refractivity contribution in [2.45, 2.75) is 25.2 Å². The number of halogens is 6. The zero-order chi connectivity index (χ0) is 17.4. The minimum absolute atomic E-state index is 0.0463. The lowest BCUT2D eigenvalue weighted by molar-refractivity contribution is -0.143. The van der Waals surface area contributed by atoms with Crippen molar-refractivity contribution in [3.05, 3.63) is 29.3 Å². The summed E-state index contributed by atoms with van der Waals surface area (Å²) in [5.41, 5.74) is -2.86. The van der Waals surface area contributed by atoms with Gasteiger partial charge >= 0.3 is 18.3 Å². The average molecular weight is 341 g/mol. The fraction of sp³-hybridized carbons (Fsp3) is 0.500. The third-order valence-corrected chi connectivity index (χ3v) is 3.66. The molecule has 1 fully saturated rings. The molecule has 0 amide bonds. The molecule has 0 atom stereocenters. The highest BCUT2D eigenvalue weighted by molar-refractivity contribution is 5.66. The number of aliphatic carboxylic acids is 1. The van der Waals surface area contributed by atoms with E-state index < -0.39 is 29.4 Å². The van der Waals surface area contributed by atoms with Crippen LogP contribution in [0.2, 0.25) is 0 Å². The van der Waals surface area contributed by atoms with E-state index in [0.29, 0.717) is 18.6 Å². The van der Waals surface area contributed by atoms with Gasteiger partial charge in [0.2, 0.25) is 0 Å². The lowest BCUT2D eigenvalue weighted by atomic mass is 9.93. The van der Waals surface area contributed by atoms with Crippen LogP contribution in [0.3, 0.4) is 0 Å². The Morgan fingerprint density at radius 2 is 1.52 bits per heavy atom. The molecule has 0 aromatic heterocycles. The summed E-state index contributed by atoms with van der Waals surface area (Å²) in [5.74, 6) is -1.03. The van der Waals surface area contributed by atoms with Crippen LogP contribution < -0.4 is 4.90 Å². The second kappa shape index (κ2) is 5.93. The van der Waals surface area contributed by atoms with E-state index in [-0.39, 0.29) is 37.2 Å². The van der Waals surface area contributed by atoms with Crippen molar-refractivity contribution in [1.82, 2.24) is 0 Å². The first kappa shape index (κ1) is 17.4. The van der Waals surface area contributed by atoms with Crippen LogP contribution >= 0.6 is 0 Å². The number of carboxylic acid groups (broad SMARTS) is 1. The number of alkyl halides is 6. The summed E-state index contributed by atoms with van der Waals surface area (Å²) < 4.78 is 76.5. The maximum absolute atomic E-state index is 12.8. The van der Waals surface area contributed by atoms with Crippen molar-refractivity contribution < 1.29 is 36.2 Å². The molecule has 128 valence electrons. The fourth-order valence-electron chi connectivity index (χ4n) is 2.41. The molecule has 3 nitrogen and oxygen atoms in total. The summed E-state index contributed by atoms with van der Waals surface area (Å²) in [6.07, 6.45) is -9.47. The van der Waals surface area contributed by atoms with Gasteiger partial charge in [-0.1, -0.05) is 0 Å². The normalized spacial score (nSPS) is 16.3. The van der Waals surface area contributed by atoms with Gasteiger partial charge in [-0.3, -0.25) is 4.79 Å². The molecule has 9 heteroatoms. The van der Waals surface area contributed by atoms with Crippen LogP contribution in [0.4, 0.5) is 32.0 Å². The number of carboxylic acids is 1. The highest BCUT2D eigenvalue weighted by Crippen LogP contribution is 2.39.